The van der Waals surface area contributed by atoms with Gasteiger partial charge in [0.2, 0.25) is 5.91 Å². The molecule has 1 saturated heterocycles. The minimum atomic E-state index is -0.123. The van der Waals surface area contributed by atoms with Crippen LogP contribution in [0.5, 0.6) is 0 Å². The Morgan fingerprint density at radius 2 is 2.31 bits per heavy atom. The molecule has 1 N–H and O–H groups in total. The molecule has 1 fully saturated rings. The van der Waals surface area contributed by atoms with Gasteiger partial charge in [-0.05, 0) is 40.5 Å². The third kappa shape index (κ3) is 2.33. The molecule has 0 saturated carbocycles. The van der Waals surface area contributed by atoms with Crippen molar-refractivity contribution in [3.63, 3.8) is 0 Å². The van der Waals surface area contributed by atoms with Gasteiger partial charge in [-0.2, -0.15) is 0 Å². The Labute approximate surface area is 108 Å². The molecule has 0 aliphatic carbocycles. The van der Waals surface area contributed by atoms with Gasteiger partial charge < -0.3 is 10.2 Å². The number of hydrogen-bond donors (Lipinski definition) is 1. The van der Waals surface area contributed by atoms with Crippen LogP contribution < -0.4 is 5.32 Å². The van der Waals surface area contributed by atoms with Crippen molar-refractivity contribution < 1.29 is 4.79 Å². The lowest BCUT2D eigenvalue weighted by molar-refractivity contribution is -0.127. The summed E-state index contributed by atoms with van der Waals surface area (Å²) in [5, 5.41) is 3.84. The second kappa shape index (κ2) is 4.63. The molecule has 1 aliphatic heterocycles. The molecular weight excluding hydrogens is 291 g/mol. The molecule has 1 heterocycles. The maximum atomic E-state index is 11.7. The van der Waals surface area contributed by atoms with E-state index in [9.17, 15) is 4.79 Å². The Kier molecular flexibility index (Phi) is 3.40. The molecule has 0 spiro atoms. The summed E-state index contributed by atoms with van der Waals surface area (Å²) in [6, 6.07) is 5.47. The molecule has 86 valence electrons. The van der Waals surface area contributed by atoms with Crippen LogP contribution in [0.25, 0.3) is 0 Å². The van der Waals surface area contributed by atoms with E-state index in [4.69, 9.17) is 11.6 Å². The molecule has 1 aromatic rings. The number of anilines is 1. The molecule has 1 atom stereocenters. The van der Waals surface area contributed by atoms with E-state index in [0.717, 1.165) is 23.1 Å². The van der Waals surface area contributed by atoms with Gasteiger partial charge in [0.25, 0.3) is 0 Å². The maximum absolute atomic E-state index is 11.7. The van der Waals surface area contributed by atoms with E-state index in [2.05, 4.69) is 21.2 Å². The van der Waals surface area contributed by atoms with Crippen LogP contribution in [-0.4, -0.2) is 30.4 Å². The van der Waals surface area contributed by atoms with Gasteiger partial charge in [0.1, 0.15) is 6.04 Å². The number of carbonyl (C=O) groups is 1. The highest BCUT2D eigenvalue weighted by Crippen LogP contribution is 2.26. The van der Waals surface area contributed by atoms with Crippen molar-refractivity contribution in [2.75, 3.05) is 18.9 Å². The van der Waals surface area contributed by atoms with Gasteiger partial charge in [-0.1, -0.05) is 11.6 Å². The average Bonchev–Trinajstić information content (AvgIpc) is 2.55. The highest BCUT2D eigenvalue weighted by Gasteiger charge is 2.28. The van der Waals surface area contributed by atoms with Crippen molar-refractivity contribution in [1.82, 2.24) is 4.90 Å². The zero-order valence-corrected chi connectivity index (χ0v) is 11.2. The van der Waals surface area contributed by atoms with Crippen LogP contribution in [0.3, 0.4) is 0 Å². The fourth-order valence-electron chi connectivity index (χ4n) is 1.74. The van der Waals surface area contributed by atoms with Gasteiger partial charge in [0.05, 0.1) is 5.02 Å². The highest BCUT2D eigenvalue weighted by molar-refractivity contribution is 9.10. The lowest BCUT2D eigenvalue weighted by atomic mass is 10.2. The molecule has 0 bridgehead atoms. The van der Waals surface area contributed by atoms with Crippen molar-refractivity contribution >= 4 is 39.1 Å². The van der Waals surface area contributed by atoms with Crippen LogP contribution in [0.1, 0.15) is 6.42 Å². The van der Waals surface area contributed by atoms with Gasteiger partial charge in [0.15, 0.2) is 0 Å². The van der Waals surface area contributed by atoms with E-state index in [1.54, 1.807) is 4.90 Å². The summed E-state index contributed by atoms with van der Waals surface area (Å²) < 4.78 is 0.856. The van der Waals surface area contributed by atoms with E-state index in [-0.39, 0.29) is 11.9 Å². The van der Waals surface area contributed by atoms with Crippen molar-refractivity contribution in [3.05, 3.63) is 27.7 Å². The fraction of sp³-hybridized carbons (Fsp3) is 0.364. The SMILES string of the molecule is CN1CCC(Nc2ccc(Br)c(Cl)c2)C1=O. The molecule has 0 radical (unpaired) electrons. The maximum Gasteiger partial charge on any atom is 0.244 e. The first-order chi connectivity index (χ1) is 7.58. The van der Waals surface area contributed by atoms with Crippen LogP contribution in [0.15, 0.2) is 22.7 Å². The van der Waals surface area contributed by atoms with Crippen LogP contribution in [0, 0.1) is 0 Å². The zero-order valence-electron chi connectivity index (χ0n) is 8.84. The molecule has 1 aromatic carbocycles. The number of carbonyl (C=O) groups excluding carboxylic acids is 1. The van der Waals surface area contributed by atoms with E-state index < -0.39 is 0 Å². The molecule has 1 unspecified atom stereocenters. The number of rotatable bonds is 2. The summed E-state index contributed by atoms with van der Waals surface area (Å²) in [5.41, 5.74) is 0.877. The quantitative estimate of drug-likeness (QED) is 0.911. The average molecular weight is 304 g/mol. The lowest BCUT2D eigenvalue weighted by Crippen LogP contribution is -2.30. The summed E-state index contributed by atoms with van der Waals surface area (Å²) in [5.74, 6) is 0.138. The van der Waals surface area contributed by atoms with Crippen molar-refractivity contribution in [1.29, 1.82) is 0 Å². The molecule has 1 amide bonds. The molecular formula is C11H12BrClN2O. The van der Waals surface area contributed by atoms with E-state index >= 15 is 0 Å². The van der Waals surface area contributed by atoms with Gasteiger partial charge in [-0.15, -0.1) is 0 Å². The van der Waals surface area contributed by atoms with Crippen LogP contribution in [-0.2, 0) is 4.79 Å². The van der Waals surface area contributed by atoms with Crippen molar-refractivity contribution in [3.8, 4) is 0 Å². The smallest absolute Gasteiger partial charge is 0.244 e. The Morgan fingerprint density at radius 1 is 1.56 bits per heavy atom. The number of nitrogens with zero attached hydrogens (tertiary/aromatic N) is 1. The summed E-state index contributed by atoms with van der Waals surface area (Å²) in [7, 11) is 1.82. The number of hydrogen-bond acceptors (Lipinski definition) is 2. The van der Waals surface area contributed by atoms with E-state index in [1.165, 1.54) is 0 Å². The number of likely N-dealkylation sites (tertiary alicyclic amines) is 1. The predicted octanol–water partition coefficient (Wildman–Crippen LogP) is 2.75. The minimum absolute atomic E-state index is 0.123. The number of benzene rings is 1. The normalized spacial score (nSPS) is 20.3. The fourth-order valence-corrected chi connectivity index (χ4v) is 2.17. The second-order valence-electron chi connectivity index (χ2n) is 3.87. The Hall–Kier alpha value is -0.740. The Morgan fingerprint density at radius 3 is 2.88 bits per heavy atom. The third-order valence-electron chi connectivity index (χ3n) is 2.69. The van der Waals surface area contributed by atoms with Crippen LogP contribution in [0.4, 0.5) is 5.69 Å². The molecule has 1 aliphatic rings. The van der Waals surface area contributed by atoms with E-state index in [0.29, 0.717) is 5.02 Å². The van der Waals surface area contributed by atoms with Crippen LogP contribution in [0.2, 0.25) is 5.02 Å². The number of nitrogens with one attached hydrogen (secondary N) is 1. The topological polar surface area (TPSA) is 32.3 Å². The first-order valence-corrected chi connectivity index (χ1v) is 6.21. The van der Waals surface area contributed by atoms with Gasteiger partial charge >= 0.3 is 0 Å². The Bertz CT molecular complexity index is 424. The monoisotopic (exact) mass is 302 g/mol. The number of amides is 1. The number of likely N-dealkylation sites (N-methyl/N-ethyl adjacent to an activating group) is 1. The third-order valence-corrected chi connectivity index (χ3v) is 3.92. The lowest BCUT2D eigenvalue weighted by Gasteiger charge is -2.13. The largest absolute Gasteiger partial charge is 0.374 e. The van der Waals surface area contributed by atoms with Crippen LogP contribution >= 0.6 is 27.5 Å². The van der Waals surface area contributed by atoms with Gasteiger partial charge in [-0.3, -0.25) is 4.79 Å². The van der Waals surface area contributed by atoms with E-state index in [1.807, 2.05) is 25.2 Å². The Balaban J connectivity index is 2.10. The molecule has 2 rings (SSSR count). The van der Waals surface area contributed by atoms with Crippen molar-refractivity contribution in [2.45, 2.75) is 12.5 Å². The zero-order chi connectivity index (χ0) is 11.7. The summed E-state index contributed by atoms with van der Waals surface area (Å²) in [4.78, 5) is 13.4. The highest BCUT2D eigenvalue weighted by atomic mass is 79.9. The first-order valence-electron chi connectivity index (χ1n) is 5.04. The summed E-state index contributed by atoms with van der Waals surface area (Å²) in [6.45, 7) is 0.806. The standard InChI is InChI=1S/C11H12BrClN2O/c1-15-5-4-10(11(15)16)14-7-2-3-8(12)9(13)6-7/h2-3,6,10,14H,4-5H2,1H3. The predicted molar refractivity (Wildman–Crippen MR) is 68.8 cm³/mol. The second-order valence-corrected chi connectivity index (χ2v) is 5.14. The van der Waals surface area contributed by atoms with Crippen molar-refractivity contribution in [2.24, 2.45) is 0 Å². The number of halogens is 2. The van der Waals surface area contributed by atoms with Gasteiger partial charge in [0, 0.05) is 23.8 Å². The molecule has 0 aromatic heterocycles. The van der Waals surface area contributed by atoms with Gasteiger partial charge in [-0.25, -0.2) is 0 Å². The first kappa shape index (κ1) is 11.7. The molecule has 16 heavy (non-hydrogen) atoms. The molecule has 3 nitrogen and oxygen atoms in total. The summed E-state index contributed by atoms with van der Waals surface area (Å²) >= 11 is 9.31. The summed E-state index contributed by atoms with van der Waals surface area (Å²) in [6.07, 6.45) is 0.836. The molecule has 5 heteroatoms. The minimum Gasteiger partial charge on any atom is -0.374 e.